The van der Waals surface area contributed by atoms with E-state index in [0.29, 0.717) is 13.2 Å². The van der Waals surface area contributed by atoms with Gasteiger partial charge in [0.05, 0.1) is 25.3 Å². The van der Waals surface area contributed by atoms with E-state index < -0.39 is 0 Å². The standard InChI is InChI=1S/C20H24N2O2/c1-3-7-15(8-4-1)11-21-17-13-23-20-18(14-24-19(17)20)22-12-16-9-5-2-6-10-16/h1-10,17-22H,11-14H2/t17-,18-,19+,20?/m0/s1. The highest BCUT2D eigenvalue weighted by Gasteiger charge is 2.47. The van der Waals surface area contributed by atoms with E-state index in [1.807, 2.05) is 12.1 Å². The fourth-order valence-corrected chi connectivity index (χ4v) is 3.54. The van der Waals surface area contributed by atoms with Crippen LogP contribution >= 0.6 is 0 Å². The zero-order valence-corrected chi connectivity index (χ0v) is 13.7. The molecule has 0 amide bonds. The molecular formula is C20H24N2O2. The first-order valence-corrected chi connectivity index (χ1v) is 8.68. The lowest BCUT2D eigenvalue weighted by Gasteiger charge is -2.18. The molecule has 24 heavy (non-hydrogen) atoms. The van der Waals surface area contributed by atoms with Crippen molar-refractivity contribution in [2.75, 3.05) is 13.2 Å². The summed E-state index contributed by atoms with van der Waals surface area (Å²) >= 11 is 0. The summed E-state index contributed by atoms with van der Waals surface area (Å²) in [5, 5.41) is 7.17. The van der Waals surface area contributed by atoms with E-state index in [2.05, 4.69) is 59.2 Å². The quantitative estimate of drug-likeness (QED) is 0.854. The molecule has 2 fully saturated rings. The van der Waals surface area contributed by atoms with E-state index in [-0.39, 0.29) is 24.3 Å². The number of rotatable bonds is 6. The molecule has 1 unspecified atom stereocenters. The first-order valence-electron chi connectivity index (χ1n) is 8.68. The average molecular weight is 324 g/mol. The third kappa shape index (κ3) is 3.52. The highest BCUT2D eigenvalue weighted by Crippen LogP contribution is 2.27. The van der Waals surface area contributed by atoms with Crippen molar-refractivity contribution < 1.29 is 9.47 Å². The van der Waals surface area contributed by atoms with Crippen LogP contribution in [0.2, 0.25) is 0 Å². The molecule has 4 heteroatoms. The molecule has 0 radical (unpaired) electrons. The van der Waals surface area contributed by atoms with Crippen molar-refractivity contribution in [1.82, 2.24) is 10.6 Å². The Kier molecular flexibility index (Phi) is 4.90. The Morgan fingerprint density at radius 1 is 0.667 bits per heavy atom. The maximum atomic E-state index is 6.03. The van der Waals surface area contributed by atoms with Gasteiger partial charge in [0.2, 0.25) is 0 Å². The molecule has 2 heterocycles. The van der Waals surface area contributed by atoms with Gasteiger partial charge in [0.15, 0.2) is 0 Å². The molecule has 4 atom stereocenters. The van der Waals surface area contributed by atoms with E-state index in [1.165, 1.54) is 11.1 Å². The van der Waals surface area contributed by atoms with E-state index in [0.717, 1.165) is 13.1 Å². The van der Waals surface area contributed by atoms with Gasteiger partial charge >= 0.3 is 0 Å². The van der Waals surface area contributed by atoms with E-state index >= 15 is 0 Å². The molecule has 0 bridgehead atoms. The van der Waals surface area contributed by atoms with Crippen LogP contribution in [0, 0.1) is 0 Å². The normalized spacial score (nSPS) is 28.8. The summed E-state index contributed by atoms with van der Waals surface area (Å²) in [6.07, 6.45) is 0.281. The van der Waals surface area contributed by atoms with Crippen LogP contribution in [0.3, 0.4) is 0 Å². The van der Waals surface area contributed by atoms with E-state index in [1.54, 1.807) is 0 Å². The number of hydrogen-bond donors (Lipinski definition) is 2. The Bertz CT molecular complexity index is 577. The molecule has 2 aliphatic rings. The highest BCUT2D eigenvalue weighted by atomic mass is 16.6. The van der Waals surface area contributed by atoms with Gasteiger partial charge < -0.3 is 20.1 Å². The molecule has 2 N–H and O–H groups in total. The van der Waals surface area contributed by atoms with Crippen LogP contribution in [0.4, 0.5) is 0 Å². The first-order chi connectivity index (χ1) is 11.9. The van der Waals surface area contributed by atoms with Crippen LogP contribution in [-0.2, 0) is 22.6 Å². The topological polar surface area (TPSA) is 42.5 Å². The van der Waals surface area contributed by atoms with Crippen LogP contribution in [-0.4, -0.2) is 37.5 Å². The third-order valence-corrected chi connectivity index (χ3v) is 4.88. The molecule has 0 saturated carbocycles. The van der Waals surface area contributed by atoms with Crippen LogP contribution in [0.15, 0.2) is 60.7 Å². The largest absolute Gasteiger partial charge is 0.372 e. The van der Waals surface area contributed by atoms with Crippen molar-refractivity contribution in [2.24, 2.45) is 0 Å². The van der Waals surface area contributed by atoms with Gasteiger partial charge in [-0.2, -0.15) is 0 Å². The Hall–Kier alpha value is -1.72. The van der Waals surface area contributed by atoms with Crippen molar-refractivity contribution in [3.63, 3.8) is 0 Å². The van der Waals surface area contributed by atoms with Crippen molar-refractivity contribution in [1.29, 1.82) is 0 Å². The number of hydrogen-bond acceptors (Lipinski definition) is 4. The maximum Gasteiger partial charge on any atom is 0.103 e. The lowest BCUT2D eigenvalue weighted by molar-refractivity contribution is 0.0654. The number of benzene rings is 2. The summed E-state index contributed by atoms with van der Waals surface area (Å²) in [5.74, 6) is 0. The minimum absolute atomic E-state index is 0.141. The Morgan fingerprint density at radius 2 is 1.08 bits per heavy atom. The SMILES string of the molecule is c1ccc(CN[C@H]2CO[C@H]3C2OC[C@@H]3NCc2ccccc2)cc1. The Morgan fingerprint density at radius 3 is 1.50 bits per heavy atom. The summed E-state index contributed by atoms with van der Waals surface area (Å²) in [6, 6.07) is 21.4. The van der Waals surface area contributed by atoms with Gasteiger partial charge in [-0.15, -0.1) is 0 Å². The summed E-state index contributed by atoms with van der Waals surface area (Å²) in [4.78, 5) is 0. The van der Waals surface area contributed by atoms with Gasteiger partial charge in [-0.25, -0.2) is 0 Å². The van der Waals surface area contributed by atoms with E-state index in [9.17, 15) is 0 Å². The van der Waals surface area contributed by atoms with Gasteiger partial charge in [-0.05, 0) is 11.1 Å². The van der Waals surface area contributed by atoms with Crippen molar-refractivity contribution in [3.8, 4) is 0 Å². The minimum Gasteiger partial charge on any atom is -0.372 e. The van der Waals surface area contributed by atoms with Crippen molar-refractivity contribution >= 4 is 0 Å². The minimum atomic E-state index is 0.141. The molecule has 4 rings (SSSR count). The monoisotopic (exact) mass is 324 g/mol. The number of fused-ring (bicyclic) bond motifs is 1. The zero-order valence-electron chi connectivity index (χ0n) is 13.7. The van der Waals surface area contributed by atoms with Crippen LogP contribution < -0.4 is 10.6 Å². The molecule has 2 aliphatic heterocycles. The third-order valence-electron chi connectivity index (χ3n) is 4.88. The number of nitrogens with one attached hydrogen (secondary N) is 2. The van der Waals surface area contributed by atoms with Gasteiger partial charge in [0.25, 0.3) is 0 Å². The van der Waals surface area contributed by atoms with Gasteiger partial charge in [0, 0.05) is 13.1 Å². The fraction of sp³-hybridized carbons (Fsp3) is 0.400. The van der Waals surface area contributed by atoms with Gasteiger partial charge in [0.1, 0.15) is 12.2 Å². The Labute approximate surface area is 143 Å². The molecule has 126 valence electrons. The molecule has 0 aliphatic carbocycles. The van der Waals surface area contributed by atoms with Crippen LogP contribution in [0.5, 0.6) is 0 Å². The first kappa shape index (κ1) is 15.8. The van der Waals surface area contributed by atoms with Gasteiger partial charge in [-0.1, -0.05) is 60.7 Å². The maximum absolute atomic E-state index is 6.03. The molecule has 0 spiro atoms. The lowest BCUT2D eigenvalue weighted by atomic mass is 10.1. The van der Waals surface area contributed by atoms with Gasteiger partial charge in [-0.3, -0.25) is 0 Å². The summed E-state index contributed by atoms with van der Waals surface area (Å²) in [5.41, 5.74) is 2.58. The van der Waals surface area contributed by atoms with Crippen LogP contribution in [0.1, 0.15) is 11.1 Å². The highest BCUT2D eigenvalue weighted by molar-refractivity contribution is 5.16. The fourth-order valence-electron chi connectivity index (χ4n) is 3.54. The smallest absolute Gasteiger partial charge is 0.103 e. The molecule has 2 aromatic carbocycles. The molecular weight excluding hydrogens is 300 g/mol. The average Bonchev–Trinajstić information content (AvgIpc) is 3.22. The molecule has 0 aromatic heterocycles. The second kappa shape index (κ2) is 7.45. The predicted octanol–water partition coefficient (Wildman–Crippen LogP) is 2.10. The van der Waals surface area contributed by atoms with Crippen molar-refractivity contribution in [2.45, 2.75) is 37.4 Å². The van der Waals surface area contributed by atoms with Crippen molar-refractivity contribution in [3.05, 3.63) is 71.8 Å². The second-order valence-corrected chi connectivity index (χ2v) is 6.54. The second-order valence-electron chi connectivity index (χ2n) is 6.54. The lowest BCUT2D eigenvalue weighted by Crippen LogP contribution is -2.43. The zero-order chi connectivity index (χ0) is 16.2. The molecule has 4 nitrogen and oxygen atoms in total. The van der Waals surface area contributed by atoms with E-state index in [4.69, 9.17) is 9.47 Å². The Balaban J connectivity index is 1.29. The molecule has 2 aromatic rings. The summed E-state index contributed by atoms with van der Waals surface area (Å²) < 4.78 is 12.1. The number of ether oxygens (including phenoxy) is 2. The summed E-state index contributed by atoms with van der Waals surface area (Å²) in [6.45, 7) is 3.13. The molecule has 2 saturated heterocycles. The van der Waals surface area contributed by atoms with Crippen LogP contribution in [0.25, 0.3) is 0 Å². The summed E-state index contributed by atoms with van der Waals surface area (Å²) in [7, 11) is 0. The predicted molar refractivity (Wildman–Crippen MR) is 93.6 cm³/mol.